The van der Waals surface area contributed by atoms with Crippen LogP contribution in [0.15, 0.2) is 54.9 Å². The number of non-ortho nitro benzene ring substituents is 1. The number of rotatable bonds is 4. The van der Waals surface area contributed by atoms with Gasteiger partial charge in [0.1, 0.15) is 0 Å². The van der Waals surface area contributed by atoms with Crippen molar-refractivity contribution < 1.29 is 9.72 Å². The third kappa shape index (κ3) is 3.78. The number of nitrogens with zero attached hydrogens (tertiary/aromatic N) is 3. The molecule has 0 radical (unpaired) electrons. The van der Waals surface area contributed by atoms with E-state index in [4.69, 9.17) is 23.2 Å². The molecule has 0 saturated heterocycles. The maximum Gasteiger partial charge on any atom is 0.269 e. The summed E-state index contributed by atoms with van der Waals surface area (Å²) in [5, 5.41) is 18.2. The molecular formula is C16H10Cl2N4O3. The Bertz CT molecular complexity index is 954. The molecular weight excluding hydrogens is 367 g/mol. The molecule has 0 atom stereocenters. The van der Waals surface area contributed by atoms with Crippen molar-refractivity contribution in [3.05, 3.63) is 80.6 Å². The number of nitro benzene ring substituents is 1. The van der Waals surface area contributed by atoms with E-state index in [2.05, 4.69) is 10.4 Å². The average Bonchev–Trinajstić information content (AvgIpc) is 3.08. The molecule has 0 saturated carbocycles. The van der Waals surface area contributed by atoms with Gasteiger partial charge >= 0.3 is 0 Å². The predicted molar refractivity (Wildman–Crippen MR) is 94.6 cm³/mol. The molecule has 25 heavy (non-hydrogen) atoms. The second-order valence-corrected chi connectivity index (χ2v) is 5.87. The number of amides is 1. The lowest BCUT2D eigenvalue weighted by molar-refractivity contribution is -0.384. The van der Waals surface area contributed by atoms with Crippen molar-refractivity contribution in [1.29, 1.82) is 0 Å². The Kier molecular flexibility index (Phi) is 4.69. The zero-order valence-electron chi connectivity index (χ0n) is 12.5. The van der Waals surface area contributed by atoms with Crippen molar-refractivity contribution >= 4 is 40.5 Å². The van der Waals surface area contributed by atoms with Crippen LogP contribution < -0.4 is 5.32 Å². The van der Waals surface area contributed by atoms with Gasteiger partial charge in [-0.25, -0.2) is 4.68 Å². The lowest BCUT2D eigenvalue weighted by Gasteiger charge is -2.06. The number of carbonyl (C=O) groups excluding carboxylic acids is 1. The number of hydrogen-bond donors (Lipinski definition) is 1. The Morgan fingerprint density at radius 3 is 2.56 bits per heavy atom. The molecule has 0 bridgehead atoms. The highest BCUT2D eigenvalue weighted by Gasteiger charge is 2.12. The maximum absolute atomic E-state index is 12.3. The van der Waals surface area contributed by atoms with E-state index in [1.165, 1.54) is 29.2 Å². The minimum Gasteiger partial charge on any atom is -0.320 e. The summed E-state index contributed by atoms with van der Waals surface area (Å²) < 4.78 is 1.44. The second kappa shape index (κ2) is 6.92. The van der Waals surface area contributed by atoms with E-state index in [-0.39, 0.29) is 5.69 Å². The monoisotopic (exact) mass is 376 g/mol. The SMILES string of the molecule is O=C(Nc1cc(Cl)ccc1Cl)c1cnn(-c2ccc([N+](=O)[O-])cc2)c1. The van der Waals surface area contributed by atoms with Crippen LogP contribution in [0.25, 0.3) is 5.69 Å². The Morgan fingerprint density at radius 1 is 1.16 bits per heavy atom. The van der Waals surface area contributed by atoms with E-state index in [0.29, 0.717) is 27.0 Å². The molecule has 1 N–H and O–H groups in total. The van der Waals surface area contributed by atoms with E-state index >= 15 is 0 Å². The third-order valence-corrected chi connectivity index (χ3v) is 3.91. The Labute approximate surface area is 151 Å². The quantitative estimate of drug-likeness (QED) is 0.541. The number of anilines is 1. The first kappa shape index (κ1) is 16.9. The number of carbonyl (C=O) groups is 1. The molecule has 1 amide bonds. The van der Waals surface area contributed by atoms with Gasteiger partial charge in [0, 0.05) is 23.4 Å². The van der Waals surface area contributed by atoms with Crippen molar-refractivity contribution in [2.75, 3.05) is 5.32 Å². The van der Waals surface area contributed by atoms with Gasteiger partial charge in [0.05, 0.1) is 33.1 Å². The molecule has 2 aromatic carbocycles. The van der Waals surface area contributed by atoms with Gasteiger partial charge in [-0.15, -0.1) is 0 Å². The predicted octanol–water partition coefficient (Wildman–Crippen LogP) is 4.34. The number of hydrogen-bond acceptors (Lipinski definition) is 4. The normalized spacial score (nSPS) is 10.5. The van der Waals surface area contributed by atoms with E-state index in [9.17, 15) is 14.9 Å². The van der Waals surface area contributed by atoms with Gasteiger partial charge in [-0.3, -0.25) is 14.9 Å². The number of halogens is 2. The van der Waals surface area contributed by atoms with E-state index in [0.717, 1.165) is 0 Å². The van der Waals surface area contributed by atoms with Crippen molar-refractivity contribution in [3.63, 3.8) is 0 Å². The van der Waals surface area contributed by atoms with Crippen molar-refractivity contribution in [1.82, 2.24) is 9.78 Å². The minimum atomic E-state index is -0.486. The molecule has 126 valence electrons. The fourth-order valence-corrected chi connectivity index (χ4v) is 2.43. The van der Waals surface area contributed by atoms with Crippen molar-refractivity contribution in [2.24, 2.45) is 0 Å². The van der Waals surface area contributed by atoms with Crippen LogP contribution in [0.4, 0.5) is 11.4 Å². The topological polar surface area (TPSA) is 90.1 Å². The lowest BCUT2D eigenvalue weighted by atomic mass is 10.2. The van der Waals surface area contributed by atoms with Crippen LogP contribution in [0.1, 0.15) is 10.4 Å². The molecule has 0 aliphatic carbocycles. The van der Waals surface area contributed by atoms with Crippen molar-refractivity contribution in [3.8, 4) is 5.69 Å². The van der Waals surface area contributed by atoms with Gasteiger partial charge in [-0.1, -0.05) is 23.2 Å². The van der Waals surface area contributed by atoms with Gasteiger partial charge < -0.3 is 5.32 Å². The Morgan fingerprint density at radius 2 is 1.88 bits per heavy atom. The lowest BCUT2D eigenvalue weighted by Crippen LogP contribution is -2.11. The highest BCUT2D eigenvalue weighted by atomic mass is 35.5. The number of nitro groups is 1. The van der Waals surface area contributed by atoms with Crippen LogP contribution in [0, 0.1) is 10.1 Å². The zero-order valence-corrected chi connectivity index (χ0v) is 14.0. The van der Waals surface area contributed by atoms with Crippen LogP contribution >= 0.6 is 23.2 Å². The summed E-state index contributed by atoms with van der Waals surface area (Å²) in [5.74, 6) is -0.405. The summed E-state index contributed by atoms with van der Waals surface area (Å²) in [5.41, 5.74) is 1.26. The molecule has 0 spiro atoms. The Hall–Kier alpha value is -2.90. The molecule has 7 nitrogen and oxygen atoms in total. The largest absolute Gasteiger partial charge is 0.320 e. The average molecular weight is 377 g/mol. The van der Waals surface area contributed by atoms with Gasteiger partial charge in [0.2, 0.25) is 0 Å². The molecule has 0 fully saturated rings. The first-order valence-corrected chi connectivity index (χ1v) is 7.75. The minimum absolute atomic E-state index is 0.0236. The molecule has 1 aromatic heterocycles. The van der Waals surface area contributed by atoms with E-state index in [1.54, 1.807) is 30.3 Å². The highest BCUT2D eigenvalue weighted by molar-refractivity contribution is 6.35. The third-order valence-electron chi connectivity index (χ3n) is 3.35. The summed E-state index contributed by atoms with van der Waals surface area (Å²) in [6.07, 6.45) is 2.89. The van der Waals surface area contributed by atoms with Crippen LogP contribution in [-0.2, 0) is 0 Å². The summed E-state index contributed by atoms with van der Waals surface area (Å²) in [6.45, 7) is 0. The molecule has 3 rings (SSSR count). The summed E-state index contributed by atoms with van der Waals surface area (Å²) in [7, 11) is 0. The maximum atomic E-state index is 12.3. The van der Waals surface area contributed by atoms with Crippen LogP contribution in [-0.4, -0.2) is 20.6 Å². The van der Waals surface area contributed by atoms with Gasteiger partial charge in [-0.2, -0.15) is 5.10 Å². The van der Waals surface area contributed by atoms with Crippen LogP contribution in [0.5, 0.6) is 0 Å². The fourth-order valence-electron chi connectivity index (χ4n) is 2.10. The van der Waals surface area contributed by atoms with Crippen LogP contribution in [0.3, 0.4) is 0 Å². The Balaban J connectivity index is 1.79. The fraction of sp³-hybridized carbons (Fsp3) is 0. The molecule has 0 aliphatic rings. The number of nitrogens with one attached hydrogen (secondary N) is 1. The van der Waals surface area contributed by atoms with Gasteiger partial charge in [0.15, 0.2) is 0 Å². The van der Waals surface area contributed by atoms with Crippen molar-refractivity contribution in [2.45, 2.75) is 0 Å². The summed E-state index contributed by atoms with van der Waals surface area (Å²) in [6, 6.07) is 10.6. The number of aromatic nitrogens is 2. The van der Waals surface area contributed by atoms with Crippen LogP contribution in [0.2, 0.25) is 10.0 Å². The highest BCUT2D eigenvalue weighted by Crippen LogP contribution is 2.26. The molecule has 1 heterocycles. The van der Waals surface area contributed by atoms with Gasteiger partial charge in [-0.05, 0) is 30.3 Å². The summed E-state index contributed by atoms with van der Waals surface area (Å²) >= 11 is 11.9. The first-order valence-electron chi connectivity index (χ1n) is 7.00. The van der Waals surface area contributed by atoms with E-state index < -0.39 is 10.8 Å². The summed E-state index contributed by atoms with van der Waals surface area (Å²) in [4.78, 5) is 22.5. The number of benzene rings is 2. The smallest absolute Gasteiger partial charge is 0.269 e. The molecule has 9 heteroatoms. The van der Waals surface area contributed by atoms with Gasteiger partial charge in [0.25, 0.3) is 11.6 Å². The van der Waals surface area contributed by atoms with E-state index in [1.807, 2.05) is 0 Å². The zero-order chi connectivity index (χ0) is 18.0. The standard InChI is InChI=1S/C16H10Cl2N4O3/c17-11-1-6-14(18)15(7-11)20-16(23)10-8-19-21(9-10)12-2-4-13(5-3-12)22(24)25/h1-9H,(H,20,23). The molecule has 0 unspecified atom stereocenters. The molecule has 0 aliphatic heterocycles. The second-order valence-electron chi connectivity index (χ2n) is 5.03. The molecule has 3 aromatic rings. The first-order chi connectivity index (χ1) is 11.9.